The summed E-state index contributed by atoms with van der Waals surface area (Å²) in [4.78, 5) is 0. The van der Waals surface area contributed by atoms with Gasteiger partial charge in [-0.1, -0.05) is 24.3 Å². The van der Waals surface area contributed by atoms with Crippen molar-refractivity contribution < 1.29 is 0 Å². The maximum atomic E-state index is 3.64. The molecule has 0 amide bonds. The van der Waals surface area contributed by atoms with Crippen molar-refractivity contribution in [1.82, 2.24) is 5.32 Å². The molecule has 1 aromatic carbocycles. The van der Waals surface area contributed by atoms with Gasteiger partial charge in [0.1, 0.15) is 0 Å². The monoisotopic (exact) mass is 173 g/mol. The minimum Gasteiger partial charge on any atom is -0.309 e. The fourth-order valence-electron chi connectivity index (χ4n) is 2.39. The SMILES string of the molecule is c1ccc2c(c1)CCN[C@@H]2C1CC1. The highest BCUT2D eigenvalue weighted by atomic mass is 14.9. The molecule has 1 N–H and O–H groups in total. The molecule has 3 rings (SSSR count). The van der Waals surface area contributed by atoms with Crippen LogP contribution in [0.5, 0.6) is 0 Å². The van der Waals surface area contributed by atoms with Crippen LogP contribution in [0.2, 0.25) is 0 Å². The third-order valence-corrected chi connectivity index (χ3v) is 3.24. The summed E-state index contributed by atoms with van der Waals surface area (Å²) < 4.78 is 0. The van der Waals surface area contributed by atoms with Crippen molar-refractivity contribution in [2.24, 2.45) is 5.92 Å². The first kappa shape index (κ1) is 7.57. The maximum absolute atomic E-state index is 3.64. The Hall–Kier alpha value is -0.820. The summed E-state index contributed by atoms with van der Waals surface area (Å²) in [5.74, 6) is 0.932. The Balaban J connectivity index is 2.00. The van der Waals surface area contributed by atoms with Crippen LogP contribution in [0.1, 0.15) is 30.0 Å². The van der Waals surface area contributed by atoms with Gasteiger partial charge >= 0.3 is 0 Å². The van der Waals surface area contributed by atoms with E-state index in [1.807, 2.05) is 0 Å². The average molecular weight is 173 g/mol. The Labute approximate surface area is 79.2 Å². The molecular formula is C12H15N. The largest absolute Gasteiger partial charge is 0.309 e. The Morgan fingerprint density at radius 1 is 1.15 bits per heavy atom. The Bertz CT molecular complexity index is 315. The van der Waals surface area contributed by atoms with Crippen molar-refractivity contribution in [3.8, 4) is 0 Å². The number of hydrogen-bond acceptors (Lipinski definition) is 1. The zero-order valence-corrected chi connectivity index (χ0v) is 7.79. The molecule has 2 aliphatic rings. The van der Waals surface area contributed by atoms with E-state index in [1.165, 1.54) is 19.3 Å². The first-order valence-corrected chi connectivity index (χ1v) is 5.26. The van der Waals surface area contributed by atoms with E-state index in [2.05, 4.69) is 29.6 Å². The normalized spacial score (nSPS) is 26.9. The second-order valence-electron chi connectivity index (χ2n) is 4.22. The molecular weight excluding hydrogens is 158 g/mol. The van der Waals surface area contributed by atoms with Gasteiger partial charge in [-0.05, 0) is 42.9 Å². The van der Waals surface area contributed by atoms with Crippen molar-refractivity contribution in [1.29, 1.82) is 0 Å². The van der Waals surface area contributed by atoms with Gasteiger partial charge in [0.25, 0.3) is 0 Å². The molecule has 0 saturated heterocycles. The van der Waals surface area contributed by atoms with Crippen LogP contribution in [-0.2, 0) is 6.42 Å². The summed E-state index contributed by atoms with van der Waals surface area (Å²) >= 11 is 0. The fraction of sp³-hybridized carbons (Fsp3) is 0.500. The molecule has 1 aliphatic carbocycles. The zero-order chi connectivity index (χ0) is 8.67. The third-order valence-electron chi connectivity index (χ3n) is 3.24. The van der Waals surface area contributed by atoms with Crippen molar-refractivity contribution in [2.75, 3.05) is 6.54 Å². The predicted molar refractivity (Wildman–Crippen MR) is 53.6 cm³/mol. The summed E-state index contributed by atoms with van der Waals surface area (Å²) in [5.41, 5.74) is 3.13. The van der Waals surface area contributed by atoms with Crippen LogP contribution in [0.4, 0.5) is 0 Å². The lowest BCUT2D eigenvalue weighted by Crippen LogP contribution is -2.30. The highest BCUT2D eigenvalue weighted by Gasteiger charge is 2.34. The van der Waals surface area contributed by atoms with Crippen LogP contribution in [0.3, 0.4) is 0 Å². The van der Waals surface area contributed by atoms with Crippen LogP contribution >= 0.6 is 0 Å². The Kier molecular flexibility index (Phi) is 1.66. The number of fused-ring (bicyclic) bond motifs is 1. The van der Waals surface area contributed by atoms with E-state index in [1.54, 1.807) is 11.1 Å². The standard InChI is InChI=1S/C12H15N/c1-2-4-11-9(3-1)7-8-13-12(11)10-5-6-10/h1-4,10,12-13H,5-8H2/t12-/m1/s1. The van der Waals surface area contributed by atoms with Crippen LogP contribution in [0, 0.1) is 5.92 Å². The first-order chi connectivity index (χ1) is 6.45. The van der Waals surface area contributed by atoms with E-state index in [0.717, 1.165) is 12.5 Å². The summed E-state index contributed by atoms with van der Waals surface area (Å²) in [5, 5.41) is 3.64. The molecule has 1 fully saturated rings. The van der Waals surface area contributed by atoms with Crippen molar-refractivity contribution in [3.05, 3.63) is 35.4 Å². The molecule has 1 heterocycles. The molecule has 1 aliphatic heterocycles. The topological polar surface area (TPSA) is 12.0 Å². The minimum absolute atomic E-state index is 0.671. The summed E-state index contributed by atoms with van der Waals surface area (Å²) in [6.45, 7) is 1.16. The molecule has 0 radical (unpaired) electrons. The van der Waals surface area contributed by atoms with Gasteiger partial charge < -0.3 is 5.32 Å². The fourth-order valence-corrected chi connectivity index (χ4v) is 2.39. The molecule has 0 bridgehead atoms. The number of benzene rings is 1. The highest BCUT2D eigenvalue weighted by Crippen LogP contribution is 2.42. The lowest BCUT2D eigenvalue weighted by Gasteiger charge is -2.26. The predicted octanol–water partition coefficient (Wildman–Crippen LogP) is 2.28. The van der Waals surface area contributed by atoms with Gasteiger partial charge in [-0.3, -0.25) is 0 Å². The number of nitrogens with one attached hydrogen (secondary N) is 1. The molecule has 1 atom stereocenters. The second-order valence-corrected chi connectivity index (χ2v) is 4.22. The van der Waals surface area contributed by atoms with Crippen LogP contribution in [0.25, 0.3) is 0 Å². The van der Waals surface area contributed by atoms with Crippen LogP contribution in [-0.4, -0.2) is 6.54 Å². The quantitative estimate of drug-likeness (QED) is 0.687. The highest BCUT2D eigenvalue weighted by molar-refractivity contribution is 5.33. The van der Waals surface area contributed by atoms with E-state index < -0.39 is 0 Å². The van der Waals surface area contributed by atoms with Gasteiger partial charge in [0.2, 0.25) is 0 Å². The van der Waals surface area contributed by atoms with E-state index in [9.17, 15) is 0 Å². The van der Waals surface area contributed by atoms with E-state index in [0.29, 0.717) is 6.04 Å². The van der Waals surface area contributed by atoms with Gasteiger partial charge in [-0.15, -0.1) is 0 Å². The number of rotatable bonds is 1. The minimum atomic E-state index is 0.671. The first-order valence-electron chi connectivity index (χ1n) is 5.26. The molecule has 1 nitrogen and oxygen atoms in total. The molecule has 0 spiro atoms. The summed E-state index contributed by atoms with van der Waals surface area (Å²) in [6.07, 6.45) is 4.05. The van der Waals surface area contributed by atoms with Crippen molar-refractivity contribution in [2.45, 2.75) is 25.3 Å². The van der Waals surface area contributed by atoms with Gasteiger partial charge in [-0.2, -0.15) is 0 Å². The molecule has 1 heteroatoms. The van der Waals surface area contributed by atoms with Crippen molar-refractivity contribution >= 4 is 0 Å². The van der Waals surface area contributed by atoms with E-state index in [4.69, 9.17) is 0 Å². The smallest absolute Gasteiger partial charge is 0.0351 e. The lowest BCUT2D eigenvalue weighted by molar-refractivity contribution is 0.458. The van der Waals surface area contributed by atoms with Gasteiger partial charge in [0.15, 0.2) is 0 Å². The second kappa shape index (κ2) is 2.85. The van der Waals surface area contributed by atoms with Crippen LogP contribution in [0.15, 0.2) is 24.3 Å². The molecule has 1 aromatic rings. The van der Waals surface area contributed by atoms with Crippen LogP contribution < -0.4 is 5.32 Å². The zero-order valence-electron chi connectivity index (χ0n) is 7.79. The van der Waals surface area contributed by atoms with E-state index >= 15 is 0 Å². The third kappa shape index (κ3) is 1.28. The number of hydrogen-bond donors (Lipinski definition) is 1. The molecule has 1 saturated carbocycles. The average Bonchev–Trinajstić information content (AvgIpc) is 3.00. The molecule has 0 aromatic heterocycles. The summed E-state index contributed by atoms with van der Waals surface area (Å²) in [6, 6.07) is 9.58. The molecule has 68 valence electrons. The Morgan fingerprint density at radius 3 is 2.85 bits per heavy atom. The van der Waals surface area contributed by atoms with Gasteiger partial charge in [0.05, 0.1) is 0 Å². The lowest BCUT2D eigenvalue weighted by atomic mass is 9.92. The van der Waals surface area contributed by atoms with Gasteiger partial charge in [-0.25, -0.2) is 0 Å². The van der Waals surface area contributed by atoms with Gasteiger partial charge in [0, 0.05) is 6.04 Å². The Morgan fingerprint density at radius 2 is 2.00 bits per heavy atom. The summed E-state index contributed by atoms with van der Waals surface area (Å²) in [7, 11) is 0. The van der Waals surface area contributed by atoms with Crippen molar-refractivity contribution in [3.63, 3.8) is 0 Å². The molecule has 0 unspecified atom stereocenters. The maximum Gasteiger partial charge on any atom is 0.0351 e. The molecule has 13 heavy (non-hydrogen) atoms. The van der Waals surface area contributed by atoms with E-state index in [-0.39, 0.29) is 0 Å².